The number of H-pyrrole nitrogens is 1. The lowest BCUT2D eigenvalue weighted by Crippen LogP contribution is -2.16. The average Bonchev–Trinajstić information content (AvgIpc) is 2.41. The van der Waals surface area contributed by atoms with Gasteiger partial charge in [-0.25, -0.2) is 4.98 Å². The third-order valence-corrected chi connectivity index (χ3v) is 5.07. The summed E-state index contributed by atoms with van der Waals surface area (Å²) in [5, 5.41) is 0. The summed E-state index contributed by atoms with van der Waals surface area (Å²) in [5.41, 5.74) is 0.726. The number of hydrogen-bond acceptors (Lipinski definition) is 3. The smallest absolute Gasteiger partial charge is 0.265 e. The van der Waals surface area contributed by atoms with Gasteiger partial charge in [-0.1, -0.05) is 35.8 Å². The molecule has 0 aliphatic heterocycles. The van der Waals surface area contributed by atoms with Crippen LogP contribution in [0.25, 0.3) is 0 Å². The van der Waals surface area contributed by atoms with Gasteiger partial charge in [-0.15, -0.1) is 11.8 Å². The summed E-state index contributed by atoms with van der Waals surface area (Å²) in [4.78, 5) is 20.5. The van der Waals surface area contributed by atoms with Gasteiger partial charge in [0.05, 0.1) is 11.4 Å². The lowest BCUT2D eigenvalue weighted by Gasteiger charge is -2.09. The highest BCUT2D eigenvalue weighted by atomic mass is 79.9. The summed E-state index contributed by atoms with van der Waals surface area (Å²) in [6, 6.07) is 8.08. The third-order valence-electron chi connectivity index (χ3n) is 2.75. The molecule has 0 saturated carbocycles. The minimum absolute atomic E-state index is 0.106. The SMILES string of the molecule is CC(C)Cc1nc(CSc2cccc(Br)c2)[nH]c(=O)c1Br. The van der Waals surface area contributed by atoms with E-state index in [1.165, 1.54) is 0 Å². The topological polar surface area (TPSA) is 45.8 Å². The zero-order valence-electron chi connectivity index (χ0n) is 11.8. The van der Waals surface area contributed by atoms with Crippen molar-refractivity contribution in [1.29, 1.82) is 0 Å². The van der Waals surface area contributed by atoms with Gasteiger partial charge in [0.2, 0.25) is 0 Å². The molecule has 3 nitrogen and oxygen atoms in total. The molecule has 0 aliphatic carbocycles. The molecule has 0 spiro atoms. The van der Waals surface area contributed by atoms with Gasteiger partial charge in [0.1, 0.15) is 10.3 Å². The molecule has 1 N–H and O–H groups in total. The van der Waals surface area contributed by atoms with Gasteiger partial charge in [0.15, 0.2) is 0 Å². The number of hydrogen-bond donors (Lipinski definition) is 1. The van der Waals surface area contributed by atoms with Crippen LogP contribution >= 0.6 is 43.6 Å². The van der Waals surface area contributed by atoms with Gasteiger partial charge < -0.3 is 4.98 Å². The van der Waals surface area contributed by atoms with Crippen molar-refractivity contribution in [3.8, 4) is 0 Å². The van der Waals surface area contributed by atoms with E-state index in [2.05, 4.69) is 61.7 Å². The van der Waals surface area contributed by atoms with Gasteiger partial charge in [0, 0.05) is 9.37 Å². The Kier molecular flexibility index (Phi) is 6.08. The predicted octanol–water partition coefficient (Wildman–Crippen LogP) is 4.79. The highest BCUT2D eigenvalue weighted by molar-refractivity contribution is 9.10. The Morgan fingerprint density at radius 2 is 2.10 bits per heavy atom. The number of nitrogens with one attached hydrogen (secondary N) is 1. The Labute approximate surface area is 145 Å². The van der Waals surface area contributed by atoms with E-state index < -0.39 is 0 Å². The monoisotopic (exact) mass is 430 g/mol. The van der Waals surface area contributed by atoms with Crippen molar-refractivity contribution in [2.24, 2.45) is 5.92 Å². The molecule has 0 amide bonds. The Balaban J connectivity index is 2.17. The van der Waals surface area contributed by atoms with E-state index in [4.69, 9.17) is 0 Å². The fourth-order valence-electron chi connectivity index (χ4n) is 1.86. The molecule has 0 atom stereocenters. The lowest BCUT2D eigenvalue weighted by atomic mass is 10.1. The van der Waals surface area contributed by atoms with Crippen LogP contribution in [0.3, 0.4) is 0 Å². The Morgan fingerprint density at radius 3 is 2.76 bits per heavy atom. The first-order chi connectivity index (χ1) is 9.95. The van der Waals surface area contributed by atoms with E-state index in [0.717, 1.165) is 21.5 Å². The van der Waals surface area contributed by atoms with Crippen LogP contribution in [0.4, 0.5) is 0 Å². The number of benzene rings is 1. The fourth-order valence-corrected chi connectivity index (χ4v) is 3.58. The summed E-state index contributed by atoms with van der Waals surface area (Å²) in [6.07, 6.45) is 0.791. The zero-order chi connectivity index (χ0) is 15.4. The molecular formula is C15H16Br2N2OS. The van der Waals surface area contributed by atoms with Crippen LogP contribution in [-0.2, 0) is 12.2 Å². The minimum Gasteiger partial charge on any atom is -0.309 e. The number of halogens is 2. The average molecular weight is 432 g/mol. The highest BCUT2D eigenvalue weighted by Crippen LogP contribution is 2.24. The van der Waals surface area contributed by atoms with Crippen LogP contribution in [0.1, 0.15) is 25.4 Å². The molecule has 0 fully saturated rings. The second kappa shape index (κ2) is 7.61. The lowest BCUT2D eigenvalue weighted by molar-refractivity contribution is 0.628. The van der Waals surface area contributed by atoms with Crippen LogP contribution in [0.2, 0.25) is 0 Å². The van der Waals surface area contributed by atoms with Gasteiger partial charge >= 0.3 is 0 Å². The number of aromatic nitrogens is 2. The summed E-state index contributed by atoms with van der Waals surface area (Å²) in [6.45, 7) is 4.23. The Bertz CT molecular complexity index is 686. The van der Waals surface area contributed by atoms with Crippen molar-refractivity contribution in [2.45, 2.75) is 30.9 Å². The Morgan fingerprint density at radius 1 is 1.33 bits per heavy atom. The summed E-state index contributed by atoms with van der Waals surface area (Å²) >= 11 is 8.44. The molecule has 1 heterocycles. The van der Waals surface area contributed by atoms with E-state index in [9.17, 15) is 4.79 Å². The van der Waals surface area contributed by atoms with E-state index in [0.29, 0.717) is 22.0 Å². The first kappa shape index (κ1) is 16.8. The van der Waals surface area contributed by atoms with Gasteiger partial charge in [0.25, 0.3) is 5.56 Å². The second-order valence-electron chi connectivity index (χ2n) is 5.12. The second-order valence-corrected chi connectivity index (χ2v) is 7.87. The molecule has 1 aromatic carbocycles. The molecule has 0 aliphatic rings. The van der Waals surface area contributed by atoms with Crippen molar-refractivity contribution < 1.29 is 0 Å². The van der Waals surface area contributed by atoms with E-state index in [1.807, 2.05) is 18.2 Å². The quantitative estimate of drug-likeness (QED) is 0.692. The standard InChI is InChI=1S/C15H16Br2N2OS/c1-9(2)6-12-14(17)15(20)19-13(18-12)8-21-11-5-3-4-10(16)7-11/h3-5,7,9H,6,8H2,1-2H3,(H,18,19,20). The summed E-state index contributed by atoms with van der Waals surface area (Å²) < 4.78 is 1.60. The third kappa shape index (κ3) is 4.97. The number of aromatic amines is 1. The molecule has 6 heteroatoms. The first-order valence-corrected chi connectivity index (χ1v) is 9.19. The van der Waals surface area contributed by atoms with Crippen molar-refractivity contribution in [2.75, 3.05) is 0 Å². The van der Waals surface area contributed by atoms with Crippen LogP contribution in [-0.4, -0.2) is 9.97 Å². The minimum atomic E-state index is -0.106. The summed E-state index contributed by atoms with van der Waals surface area (Å²) in [5.74, 6) is 1.81. The number of thioether (sulfide) groups is 1. The summed E-state index contributed by atoms with van der Waals surface area (Å²) in [7, 11) is 0. The van der Waals surface area contributed by atoms with Gasteiger partial charge in [-0.2, -0.15) is 0 Å². The molecule has 0 saturated heterocycles. The van der Waals surface area contributed by atoms with Gasteiger partial charge in [-0.3, -0.25) is 4.79 Å². The molecule has 112 valence electrons. The van der Waals surface area contributed by atoms with Crippen LogP contribution in [0, 0.1) is 5.92 Å². The normalized spacial score (nSPS) is 11.1. The van der Waals surface area contributed by atoms with Crippen LogP contribution < -0.4 is 5.56 Å². The van der Waals surface area contributed by atoms with Crippen LogP contribution in [0.15, 0.2) is 42.9 Å². The molecule has 21 heavy (non-hydrogen) atoms. The highest BCUT2D eigenvalue weighted by Gasteiger charge is 2.11. The maximum atomic E-state index is 11.9. The molecular weight excluding hydrogens is 416 g/mol. The van der Waals surface area contributed by atoms with Crippen molar-refractivity contribution in [1.82, 2.24) is 9.97 Å². The van der Waals surface area contributed by atoms with Crippen LogP contribution in [0.5, 0.6) is 0 Å². The maximum Gasteiger partial charge on any atom is 0.265 e. The molecule has 0 bridgehead atoms. The molecule has 2 aromatic rings. The maximum absolute atomic E-state index is 11.9. The number of rotatable bonds is 5. The molecule has 0 radical (unpaired) electrons. The zero-order valence-corrected chi connectivity index (χ0v) is 15.8. The first-order valence-electron chi connectivity index (χ1n) is 6.61. The molecule has 2 rings (SSSR count). The van der Waals surface area contributed by atoms with Crippen molar-refractivity contribution in [3.05, 3.63) is 55.1 Å². The number of nitrogens with zero attached hydrogens (tertiary/aromatic N) is 1. The van der Waals surface area contributed by atoms with E-state index in [-0.39, 0.29) is 5.56 Å². The Hall–Kier alpha value is -0.590. The van der Waals surface area contributed by atoms with E-state index >= 15 is 0 Å². The van der Waals surface area contributed by atoms with E-state index in [1.54, 1.807) is 11.8 Å². The van der Waals surface area contributed by atoms with Gasteiger partial charge in [-0.05, 0) is 46.5 Å². The predicted molar refractivity (Wildman–Crippen MR) is 94.8 cm³/mol. The fraction of sp³-hybridized carbons (Fsp3) is 0.333. The molecule has 1 aromatic heterocycles. The molecule has 0 unspecified atom stereocenters. The van der Waals surface area contributed by atoms with Crippen molar-refractivity contribution in [3.63, 3.8) is 0 Å². The largest absolute Gasteiger partial charge is 0.309 e. The van der Waals surface area contributed by atoms with Crippen molar-refractivity contribution >= 4 is 43.6 Å².